The Hall–Kier alpha value is -1.20. The van der Waals surface area contributed by atoms with Crippen LogP contribution >= 0.6 is 0 Å². The standard InChI is InChI=1S/C10H17N3O2/c1-3-15-10-7(2)9(12-6-13-10)8(4-11)5-14/h6,8,14H,3-5,11H2,1-2H3. The molecular weight excluding hydrogens is 194 g/mol. The summed E-state index contributed by atoms with van der Waals surface area (Å²) in [6.07, 6.45) is 1.44. The highest BCUT2D eigenvalue weighted by Crippen LogP contribution is 2.22. The Morgan fingerprint density at radius 3 is 2.80 bits per heavy atom. The quantitative estimate of drug-likeness (QED) is 0.728. The summed E-state index contributed by atoms with van der Waals surface area (Å²) in [6, 6.07) is 0. The lowest BCUT2D eigenvalue weighted by atomic mass is 10.0. The molecule has 0 radical (unpaired) electrons. The van der Waals surface area contributed by atoms with Crippen molar-refractivity contribution < 1.29 is 9.84 Å². The van der Waals surface area contributed by atoms with Gasteiger partial charge in [0.05, 0.1) is 18.9 Å². The summed E-state index contributed by atoms with van der Waals surface area (Å²) in [7, 11) is 0. The zero-order chi connectivity index (χ0) is 11.3. The van der Waals surface area contributed by atoms with E-state index in [-0.39, 0.29) is 12.5 Å². The normalized spacial score (nSPS) is 12.5. The minimum absolute atomic E-state index is 0.0140. The molecule has 5 nitrogen and oxygen atoms in total. The van der Waals surface area contributed by atoms with Crippen LogP contribution in [0.2, 0.25) is 0 Å². The van der Waals surface area contributed by atoms with Gasteiger partial charge in [-0.3, -0.25) is 0 Å². The van der Waals surface area contributed by atoms with E-state index in [1.807, 2.05) is 13.8 Å². The summed E-state index contributed by atoms with van der Waals surface area (Å²) in [6.45, 7) is 4.68. The second kappa shape index (κ2) is 5.63. The second-order valence-electron chi connectivity index (χ2n) is 3.24. The molecular formula is C10H17N3O2. The van der Waals surface area contributed by atoms with Crippen LogP contribution in [-0.4, -0.2) is 34.8 Å². The first-order valence-electron chi connectivity index (χ1n) is 4.99. The van der Waals surface area contributed by atoms with Crippen LogP contribution in [0.3, 0.4) is 0 Å². The molecule has 0 spiro atoms. The lowest BCUT2D eigenvalue weighted by molar-refractivity contribution is 0.264. The van der Waals surface area contributed by atoms with Crippen molar-refractivity contribution in [3.8, 4) is 5.88 Å². The molecule has 0 aliphatic rings. The maximum Gasteiger partial charge on any atom is 0.219 e. The van der Waals surface area contributed by atoms with Crippen LogP contribution in [-0.2, 0) is 0 Å². The molecule has 15 heavy (non-hydrogen) atoms. The molecule has 1 atom stereocenters. The van der Waals surface area contributed by atoms with Crippen LogP contribution in [0.1, 0.15) is 24.1 Å². The van der Waals surface area contributed by atoms with E-state index in [1.54, 1.807) is 0 Å². The third-order valence-electron chi connectivity index (χ3n) is 2.25. The van der Waals surface area contributed by atoms with Gasteiger partial charge >= 0.3 is 0 Å². The van der Waals surface area contributed by atoms with Gasteiger partial charge in [-0.15, -0.1) is 0 Å². The molecule has 0 fully saturated rings. The molecule has 0 saturated carbocycles. The van der Waals surface area contributed by atoms with Gasteiger partial charge in [0.1, 0.15) is 6.33 Å². The van der Waals surface area contributed by atoms with Gasteiger partial charge in [0.15, 0.2) is 0 Å². The number of hydrogen-bond donors (Lipinski definition) is 2. The van der Waals surface area contributed by atoms with Crippen molar-refractivity contribution in [3.63, 3.8) is 0 Å². The summed E-state index contributed by atoms with van der Waals surface area (Å²) >= 11 is 0. The zero-order valence-corrected chi connectivity index (χ0v) is 9.10. The first-order valence-corrected chi connectivity index (χ1v) is 4.99. The van der Waals surface area contributed by atoms with E-state index in [9.17, 15) is 0 Å². The molecule has 1 aromatic rings. The Labute approximate surface area is 89.3 Å². The third kappa shape index (κ3) is 2.64. The van der Waals surface area contributed by atoms with Crippen LogP contribution < -0.4 is 10.5 Å². The van der Waals surface area contributed by atoms with Crippen molar-refractivity contribution in [2.75, 3.05) is 19.8 Å². The molecule has 1 unspecified atom stereocenters. The maximum atomic E-state index is 9.14. The van der Waals surface area contributed by atoms with Gasteiger partial charge in [-0.25, -0.2) is 9.97 Å². The lowest BCUT2D eigenvalue weighted by Gasteiger charge is -2.15. The Morgan fingerprint density at radius 1 is 1.53 bits per heavy atom. The highest BCUT2D eigenvalue weighted by Gasteiger charge is 2.16. The molecule has 5 heteroatoms. The summed E-state index contributed by atoms with van der Waals surface area (Å²) < 4.78 is 5.34. The summed E-state index contributed by atoms with van der Waals surface area (Å²) in [4.78, 5) is 8.16. The molecule has 0 saturated heterocycles. The smallest absolute Gasteiger partial charge is 0.219 e. The maximum absolute atomic E-state index is 9.14. The number of nitrogens with zero attached hydrogens (tertiary/aromatic N) is 2. The van der Waals surface area contributed by atoms with E-state index in [0.29, 0.717) is 19.0 Å². The third-order valence-corrected chi connectivity index (χ3v) is 2.25. The first kappa shape index (κ1) is 11.9. The number of aliphatic hydroxyl groups excluding tert-OH is 1. The molecule has 0 bridgehead atoms. The van der Waals surface area contributed by atoms with E-state index >= 15 is 0 Å². The highest BCUT2D eigenvalue weighted by molar-refractivity contribution is 5.30. The monoisotopic (exact) mass is 211 g/mol. The topological polar surface area (TPSA) is 81.3 Å². The summed E-state index contributed by atoms with van der Waals surface area (Å²) in [5.74, 6) is 0.418. The van der Waals surface area contributed by atoms with E-state index in [4.69, 9.17) is 15.6 Å². The van der Waals surface area contributed by atoms with E-state index in [0.717, 1.165) is 11.3 Å². The molecule has 0 aliphatic carbocycles. The van der Waals surface area contributed by atoms with E-state index in [1.165, 1.54) is 6.33 Å². The van der Waals surface area contributed by atoms with Gasteiger partial charge < -0.3 is 15.6 Å². The predicted molar refractivity (Wildman–Crippen MR) is 56.8 cm³/mol. The Bertz CT molecular complexity index is 314. The minimum atomic E-state index is -0.146. The minimum Gasteiger partial charge on any atom is -0.478 e. The fourth-order valence-corrected chi connectivity index (χ4v) is 1.41. The molecule has 0 aliphatic heterocycles. The van der Waals surface area contributed by atoms with Crippen molar-refractivity contribution in [3.05, 3.63) is 17.6 Å². The average Bonchev–Trinajstić information content (AvgIpc) is 2.25. The molecule has 1 rings (SSSR count). The van der Waals surface area contributed by atoms with Gasteiger partial charge in [0, 0.05) is 18.0 Å². The number of hydrogen-bond acceptors (Lipinski definition) is 5. The van der Waals surface area contributed by atoms with Gasteiger partial charge in [0.25, 0.3) is 0 Å². The van der Waals surface area contributed by atoms with Gasteiger partial charge in [-0.2, -0.15) is 0 Å². The van der Waals surface area contributed by atoms with Crippen LogP contribution in [0, 0.1) is 6.92 Å². The molecule has 3 N–H and O–H groups in total. The van der Waals surface area contributed by atoms with Crippen molar-refractivity contribution in [1.29, 1.82) is 0 Å². The van der Waals surface area contributed by atoms with Crippen molar-refractivity contribution in [2.24, 2.45) is 5.73 Å². The van der Waals surface area contributed by atoms with Crippen molar-refractivity contribution in [1.82, 2.24) is 9.97 Å². The SMILES string of the molecule is CCOc1ncnc(C(CN)CO)c1C. The molecule has 84 valence electrons. The summed E-state index contributed by atoms with van der Waals surface area (Å²) in [5, 5.41) is 9.14. The van der Waals surface area contributed by atoms with E-state index in [2.05, 4.69) is 9.97 Å². The van der Waals surface area contributed by atoms with E-state index < -0.39 is 0 Å². The Morgan fingerprint density at radius 2 is 2.27 bits per heavy atom. The lowest BCUT2D eigenvalue weighted by Crippen LogP contribution is -2.19. The van der Waals surface area contributed by atoms with Crippen LogP contribution in [0.5, 0.6) is 5.88 Å². The zero-order valence-electron chi connectivity index (χ0n) is 9.10. The second-order valence-corrected chi connectivity index (χ2v) is 3.24. The van der Waals surface area contributed by atoms with Crippen LogP contribution in [0.15, 0.2) is 6.33 Å². The number of rotatable bonds is 5. The largest absolute Gasteiger partial charge is 0.478 e. The molecule has 0 aromatic carbocycles. The predicted octanol–water partition coefficient (Wildman–Crippen LogP) is 0.218. The fraction of sp³-hybridized carbons (Fsp3) is 0.600. The average molecular weight is 211 g/mol. The molecule has 1 heterocycles. The Balaban J connectivity index is 3.02. The number of aromatic nitrogens is 2. The first-order chi connectivity index (χ1) is 7.24. The van der Waals surface area contributed by atoms with Crippen LogP contribution in [0.4, 0.5) is 0 Å². The van der Waals surface area contributed by atoms with Gasteiger partial charge in [0.2, 0.25) is 5.88 Å². The summed E-state index contributed by atoms with van der Waals surface area (Å²) in [5.41, 5.74) is 7.16. The van der Waals surface area contributed by atoms with Gasteiger partial charge in [-0.05, 0) is 13.8 Å². The molecule has 0 amide bonds. The molecule has 1 aromatic heterocycles. The highest BCUT2D eigenvalue weighted by atomic mass is 16.5. The van der Waals surface area contributed by atoms with Gasteiger partial charge in [-0.1, -0.05) is 0 Å². The Kier molecular flexibility index (Phi) is 4.45. The number of ether oxygens (including phenoxy) is 1. The number of nitrogens with two attached hydrogens (primary N) is 1. The fourth-order valence-electron chi connectivity index (χ4n) is 1.41. The number of aliphatic hydroxyl groups is 1. The van der Waals surface area contributed by atoms with Crippen molar-refractivity contribution >= 4 is 0 Å². The van der Waals surface area contributed by atoms with Crippen molar-refractivity contribution in [2.45, 2.75) is 19.8 Å². The van der Waals surface area contributed by atoms with Crippen LogP contribution in [0.25, 0.3) is 0 Å².